The van der Waals surface area contributed by atoms with Gasteiger partial charge in [0.1, 0.15) is 5.65 Å². The Kier molecular flexibility index (Phi) is 4.96. The van der Waals surface area contributed by atoms with Crippen molar-refractivity contribution in [3.05, 3.63) is 80.3 Å². The summed E-state index contributed by atoms with van der Waals surface area (Å²) in [5.74, 6) is 0. The molecule has 4 rings (SSSR count). The van der Waals surface area contributed by atoms with Crippen molar-refractivity contribution in [1.29, 1.82) is 0 Å². The molecule has 1 aliphatic rings. The van der Waals surface area contributed by atoms with Gasteiger partial charge in [0.2, 0.25) is 0 Å². The van der Waals surface area contributed by atoms with Gasteiger partial charge in [0.05, 0.1) is 10.7 Å². The standard InChI is InChI=1S/C19H18Cl2N4O/c20-14-3-1-2-13(8-14)17-10-22-6-7-24(17)12-16-9-19(26)25-11-15(21)4-5-18(25)23-16/h1-5,8-9,11,17,22H,6-7,10,12H2. The molecule has 0 spiro atoms. The number of piperazine rings is 1. The van der Waals surface area contributed by atoms with Crippen LogP contribution in [0.2, 0.25) is 10.0 Å². The smallest absolute Gasteiger partial charge is 0.258 e. The summed E-state index contributed by atoms with van der Waals surface area (Å²) < 4.78 is 1.47. The molecule has 1 saturated heterocycles. The average molecular weight is 389 g/mol. The second kappa shape index (κ2) is 7.37. The topological polar surface area (TPSA) is 49.6 Å². The van der Waals surface area contributed by atoms with Crippen LogP contribution in [0.3, 0.4) is 0 Å². The molecule has 134 valence electrons. The van der Waals surface area contributed by atoms with E-state index in [-0.39, 0.29) is 11.6 Å². The fraction of sp³-hybridized carbons (Fsp3) is 0.263. The van der Waals surface area contributed by atoms with Crippen molar-refractivity contribution in [2.24, 2.45) is 0 Å². The van der Waals surface area contributed by atoms with Crippen molar-refractivity contribution >= 4 is 28.8 Å². The number of fused-ring (bicyclic) bond motifs is 1. The molecule has 0 radical (unpaired) electrons. The normalized spacial score (nSPS) is 18.3. The van der Waals surface area contributed by atoms with Crippen LogP contribution in [0.25, 0.3) is 5.65 Å². The molecule has 0 saturated carbocycles. The summed E-state index contributed by atoms with van der Waals surface area (Å²) in [7, 11) is 0. The highest BCUT2D eigenvalue weighted by Gasteiger charge is 2.24. The first-order chi connectivity index (χ1) is 12.6. The molecule has 1 aliphatic heterocycles. The van der Waals surface area contributed by atoms with Crippen LogP contribution in [0.15, 0.2) is 53.5 Å². The molecule has 1 unspecified atom stereocenters. The van der Waals surface area contributed by atoms with Crippen molar-refractivity contribution in [3.63, 3.8) is 0 Å². The zero-order valence-corrected chi connectivity index (χ0v) is 15.5. The highest BCUT2D eigenvalue weighted by atomic mass is 35.5. The van der Waals surface area contributed by atoms with Crippen molar-refractivity contribution < 1.29 is 0 Å². The lowest BCUT2D eigenvalue weighted by Crippen LogP contribution is -2.45. The van der Waals surface area contributed by atoms with E-state index in [1.165, 1.54) is 4.40 Å². The largest absolute Gasteiger partial charge is 0.314 e. The minimum Gasteiger partial charge on any atom is -0.314 e. The number of rotatable bonds is 3. The summed E-state index contributed by atoms with van der Waals surface area (Å²) in [6.07, 6.45) is 1.59. The van der Waals surface area contributed by atoms with Crippen LogP contribution in [0.1, 0.15) is 17.3 Å². The molecule has 7 heteroatoms. The van der Waals surface area contributed by atoms with Gasteiger partial charge in [-0.2, -0.15) is 0 Å². The second-order valence-corrected chi connectivity index (χ2v) is 7.28. The first kappa shape index (κ1) is 17.5. The molecule has 1 fully saturated rings. The minimum atomic E-state index is -0.123. The van der Waals surface area contributed by atoms with E-state index in [0.29, 0.717) is 17.2 Å². The molecule has 0 bridgehead atoms. The van der Waals surface area contributed by atoms with Gasteiger partial charge < -0.3 is 5.32 Å². The maximum Gasteiger partial charge on any atom is 0.258 e. The molecule has 0 aliphatic carbocycles. The van der Waals surface area contributed by atoms with E-state index in [2.05, 4.69) is 21.3 Å². The Labute approximate surface area is 161 Å². The summed E-state index contributed by atoms with van der Waals surface area (Å²) in [6, 6.07) is 13.2. The van der Waals surface area contributed by atoms with Gasteiger partial charge in [-0.15, -0.1) is 0 Å². The van der Waals surface area contributed by atoms with Crippen molar-refractivity contribution in [2.45, 2.75) is 12.6 Å². The van der Waals surface area contributed by atoms with E-state index in [0.717, 1.165) is 35.9 Å². The van der Waals surface area contributed by atoms with Crippen molar-refractivity contribution in [3.8, 4) is 0 Å². The molecule has 5 nitrogen and oxygen atoms in total. The molecular formula is C19H18Cl2N4O. The first-order valence-electron chi connectivity index (χ1n) is 8.48. The SMILES string of the molecule is O=c1cc(CN2CCNCC2c2cccc(Cl)c2)nc2ccc(Cl)cn12. The molecule has 26 heavy (non-hydrogen) atoms. The summed E-state index contributed by atoms with van der Waals surface area (Å²) in [4.78, 5) is 19.4. The lowest BCUT2D eigenvalue weighted by Gasteiger charge is -2.36. The molecule has 1 aromatic carbocycles. The van der Waals surface area contributed by atoms with Gasteiger partial charge in [-0.1, -0.05) is 35.3 Å². The summed E-state index contributed by atoms with van der Waals surface area (Å²) in [5.41, 5.74) is 2.40. The van der Waals surface area contributed by atoms with Gasteiger partial charge in [-0.3, -0.25) is 14.1 Å². The summed E-state index contributed by atoms with van der Waals surface area (Å²) in [5, 5.41) is 4.67. The minimum absolute atomic E-state index is 0.123. The number of hydrogen-bond donors (Lipinski definition) is 1. The van der Waals surface area contributed by atoms with E-state index in [1.807, 2.05) is 18.2 Å². The van der Waals surface area contributed by atoms with E-state index >= 15 is 0 Å². The predicted octanol–water partition coefficient (Wildman–Crippen LogP) is 3.15. The third-order valence-electron chi connectivity index (χ3n) is 4.63. The first-order valence-corrected chi connectivity index (χ1v) is 9.24. The zero-order valence-electron chi connectivity index (χ0n) is 14.0. The predicted molar refractivity (Wildman–Crippen MR) is 104 cm³/mol. The van der Waals surface area contributed by atoms with E-state index in [4.69, 9.17) is 23.2 Å². The lowest BCUT2D eigenvalue weighted by molar-refractivity contribution is 0.152. The summed E-state index contributed by atoms with van der Waals surface area (Å²) >= 11 is 12.1. The molecular weight excluding hydrogens is 371 g/mol. The number of pyridine rings is 1. The highest BCUT2D eigenvalue weighted by molar-refractivity contribution is 6.30. The van der Waals surface area contributed by atoms with Crippen LogP contribution in [0.5, 0.6) is 0 Å². The zero-order chi connectivity index (χ0) is 18.1. The van der Waals surface area contributed by atoms with Gasteiger partial charge in [-0.25, -0.2) is 4.98 Å². The molecule has 3 aromatic rings. The lowest BCUT2D eigenvalue weighted by atomic mass is 10.0. The quantitative estimate of drug-likeness (QED) is 0.748. The molecule has 2 aromatic heterocycles. The Morgan fingerprint density at radius 2 is 2.04 bits per heavy atom. The average Bonchev–Trinajstić information content (AvgIpc) is 2.63. The van der Waals surface area contributed by atoms with Crippen molar-refractivity contribution in [1.82, 2.24) is 19.6 Å². The fourth-order valence-electron chi connectivity index (χ4n) is 3.39. The van der Waals surface area contributed by atoms with E-state index in [9.17, 15) is 4.79 Å². The van der Waals surface area contributed by atoms with Gasteiger partial charge in [0.15, 0.2) is 0 Å². The maximum atomic E-state index is 12.4. The Morgan fingerprint density at radius 3 is 2.88 bits per heavy atom. The number of hydrogen-bond acceptors (Lipinski definition) is 4. The molecule has 0 amide bonds. The van der Waals surface area contributed by atoms with Crippen LogP contribution in [0, 0.1) is 0 Å². The van der Waals surface area contributed by atoms with Crippen LogP contribution in [0.4, 0.5) is 0 Å². The molecule has 1 atom stereocenters. The number of benzene rings is 1. The number of nitrogens with zero attached hydrogens (tertiary/aromatic N) is 3. The Balaban J connectivity index is 1.65. The van der Waals surface area contributed by atoms with E-state index in [1.54, 1.807) is 24.4 Å². The third kappa shape index (κ3) is 3.62. The van der Waals surface area contributed by atoms with Gasteiger partial charge >= 0.3 is 0 Å². The monoisotopic (exact) mass is 388 g/mol. The molecule has 3 heterocycles. The van der Waals surface area contributed by atoms with Crippen LogP contribution in [-0.2, 0) is 6.54 Å². The Bertz CT molecular complexity index is 1000. The maximum absolute atomic E-state index is 12.4. The Morgan fingerprint density at radius 1 is 1.15 bits per heavy atom. The van der Waals surface area contributed by atoms with Crippen LogP contribution >= 0.6 is 23.2 Å². The van der Waals surface area contributed by atoms with E-state index < -0.39 is 0 Å². The van der Waals surface area contributed by atoms with Crippen LogP contribution < -0.4 is 10.9 Å². The third-order valence-corrected chi connectivity index (χ3v) is 5.09. The number of nitrogens with one attached hydrogen (secondary N) is 1. The summed E-state index contributed by atoms with van der Waals surface area (Å²) in [6.45, 7) is 3.22. The van der Waals surface area contributed by atoms with Gasteiger partial charge in [0, 0.05) is 49.5 Å². The van der Waals surface area contributed by atoms with Gasteiger partial charge in [0.25, 0.3) is 5.56 Å². The highest BCUT2D eigenvalue weighted by Crippen LogP contribution is 2.25. The number of halogens is 2. The fourth-order valence-corrected chi connectivity index (χ4v) is 3.75. The van der Waals surface area contributed by atoms with Crippen LogP contribution in [-0.4, -0.2) is 33.9 Å². The second-order valence-electron chi connectivity index (χ2n) is 6.41. The number of aromatic nitrogens is 2. The van der Waals surface area contributed by atoms with Gasteiger partial charge in [-0.05, 0) is 29.8 Å². The van der Waals surface area contributed by atoms with Crippen molar-refractivity contribution in [2.75, 3.05) is 19.6 Å². The molecule has 1 N–H and O–H groups in total. The Hall–Kier alpha value is -1.92.